The van der Waals surface area contributed by atoms with E-state index >= 15 is 0 Å². The number of ether oxygens (including phenoxy) is 1. The van der Waals surface area contributed by atoms with Crippen LogP contribution in [0.25, 0.3) is 0 Å². The van der Waals surface area contributed by atoms with Gasteiger partial charge in [-0.25, -0.2) is 0 Å². The summed E-state index contributed by atoms with van der Waals surface area (Å²) in [6.07, 6.45) is 3.01. The average molecular weight is 370 g/mol. The maximum atomic E-state index is 12.6. The molecule has 0 spiro atoms. The van der Waals surface area contributed by atoms with Crippen LogP contribution in [-0.2, 0) is 4.79 Å². The Hall–Kier alpha value is -1.86. The molecule has 1 fully saturated rings. The van der Waals surface area contributed by atoms with Crippen LogP contribution in [0.5, 0.6) is 5.75 Å². The van der Waals surface area contributed by atoms with Crippen molar-refractivity contribution >= 4 is 23.2 Å². The van der Waals surface area contributed by atoms with Crippen molar-refractivity contribution in [1.29, 1.82) is 0 Å². The molecule has 1 aliphatic heterocycles. The van der Waals surface area contributed by atoms with E-state index in [0.717, 1.165) is 38.9 Å². The van der Waals surface area contributed by atoms with Gasteiger partial charge in [0.05, 0.1) is 18.0 Å². The number of nitro groups is 1. The lowest BCUT2D eigenvalue weighted by molar-refractivity contribution is -0.385. The quantitative estimate of drug-likeness (QED) is 0.562. The van der Waals surface area contributed by atoms with Crippen molar-refractivity contribution in [3.8, 4) is 5.75 Å². The number of hydrogen-bond acceptors (Lipinski definition) is 5. The van der Waals surface area contributed by atoms with Gasteiger partial charge in [-0.3, -0.25) is 14.9 Å². The number of amides is 1. The van der Waals surface area contributed by atoms with E-state index in [-0.39, 0.29) is 41.4 Å². The van der Waals surface area contributed by atoms with Crippen LogP contribution in [-0.4, -0.2) is 48.0 Å². The first-order chi connectivity index (χ1) is 12.0. The first-order valence-electron chi connectivity index (χ1n) is 8.59. The van der Waals surface area contributed by atoms with Crippen molar-refractivity contribution in [3.05, 3.63) is 33.3 Å². The van der Waals surface area contributed by atoms with Gasteiger partial charge in [0, 0.05) is 23.7 Å². The molecule has 0 radical (unpaired) electrons. The summed E-state index contributed by atoms with van der Waals surface area (Å²) in [5.41, 5.74) is -0.191. The SMILES string of the molecule is CCCN(C(=O)CCOc1ccc(Cl)cc1[N+](=O)[O-])C1CCNCC1. The van der Waals surface area contributed by atoms with Gasteiger partial charge < -0.3 is 15.0 Å². The largest absolute Gasteiger partial charge is 0.486 e. The first-order valence-corrected chi connectivity index (χ1v) is 8.97. The van der Waals surface area contributed by atoms with Gasteiger partial charge in [-0.05, 0) is 44.5 Å². The second kappa shape index (κ2) is 9.58. The topological polar surface area (TPSA) is 84.7 Å². The maximum Gasteiger partial charge on any atom is 0.312 e. The van der Waals surface area contributed by atoms with Gasteiger partial charge in [0.25, 0.3) is 0 Å². The Labute approximate surface area is 152 Å². The lowest BCUT2D eigenvalue weighted by Crippen LogP contribution is -2.46. The number of nitro benzene ring substituents is 1. The molecule has 138 valence electrons. The molecule has 1 aromatic rings. The standard InChI is InChI=1S/C17H24ClN3O4/c1-2-10-20(14-5-8-19-9-6-14)17(22)7-11-25-16-4-3-13(18)12-15(16)21(23)24/h3-4,12,14,19H,2,5-11H2,1H3. The molecule has 8 heteroatoms. The molecule has 1 N–H and O–H groups in total. The molecule has 25 heavy (non-hydrogen) atoms. The van der Waals surface area contributed by atoms with Crippen LogP contribution in [0.1, 0.15) is 32.6 Å². The average Bonchev–Trinajstić information content (AvgIpc) is 2.61. The Bertz CT molecular complexity index is 606. The third-order valence-electron chi connectivity index (χ3n) is 4.23. The molecule has 1 aliphatic rings. The third kappa shape index (κ3) is 5.57. The minimum Gasteiger partial charge on any atom is -0.486 e. The van der Waals surface area contributed by atoms with Crippen molar-refractivity contribution in [2.75, 3.05) is 26.2 Å². The summed E-state index contributed by atoms with van der Waals surface area (Å²) in [4.78, 5) is 25.0. The van der Waals surface area contributed by atoms with Crippen LogP contribution in [0.2, 0.25) is 5.02 Å². The molecular weight excluding hydrogens is 346 g/mol. The first kappa shape index (κ1) is 19.5. The van der Waals surface area contributed by atoms with Gasteiger partial charge >= 0.3 is 5.69 Å². The van der Waals surface area contributed by atoms with Crippen molar-refractivity contribution in [2.45, 2.75) is 38.6 Å². The van der Waals surface area contributed by atoms with Crippen LogP contribution >= 0.6 is 11.6 Å². The molecule has 0 bridgehead atoms. The minimum atomic E-state index is -0.540. The zero-order valence-electron chi connectivity index (χ0n) is 14.4. The third-order valence-corrected chi connectivity index (χ3v) is 4.46. The van der Waals surface area contributed by atoms with E-state index in [4.69, 9.17) is 16.3 Å². The Kier molecular flexibility index (Phi) is 7.46. The summed E-state index contributed by atoms with van der Waals surface area (Å²) in [6.45, 7) is 4.73. The van der Waals surface area contributed by atoms with Gasteiger partial charge in [-0.1, -0.05) is 18.5 Å². The molecule has 0 atom stereocenters. The molecule has 0 aromatic heterocycles. The molecule has 0 unspecified atom stereocenters. The Morgan fingerprint density at radius 3 is 2.80 bits per heavy atom. The molecular formula is C17H24ClN3O4. The Balaban J connectivity index is 1.93. The predicted molar refractivity (Wildman–Crippen MR) is 96.1 cm³/mol. The van der Waals surface area contributed by atoms with Crippen molar-refractivity contribution < 1.29 is 14.5 Å². The number of hydrogen-bond donors (Lipinski definition) is 1. The Morgan fingerprint density at radius 2 is 2.16 bits per heavy atom. The number of halogens is 1. The van der Waals surface area contributed by atoms with Gasteiger partial charge in [0.2, 0.25) is 5.91 Å². The molecule has 2 rings (SSSR count). The van der Waals surface area contributed by atoms with E-state index in [1.165, 1.54) is 18.2 Å². The van der Waals surface area contributed by atoms with Crippen LogP contribution in [0.3, 0.4) is 0 Å². The highest BCUT2D eigenvalue weighted by atomic mass is 35.5. The molecule has 1 saturated heterocycles. The number of nitrogens with zero attached hydrogens (tertiary/aromatic N) is 2. The fourth-order valence-electron chi connectivity index (χ4n) is 3.02. The molecule has 1 amide bonds. The summed E-state index contributed by atoms with van der Waals surface area (Å²) in [5.74, 6) is 0.163. The summed E-state index contributed by atoms with van der Waals surface area (Å²) >= 11 is 5.78. The van der Waals surface area contributed by atoms with Gasteiger partial charge in [0.1, 0.15) is 0 Å². The van der Waals surface area contributed by atoms with E-state index in [1.54, 1.807) is 0 Å². The van der Waals surface area contributed by atoms with Crippen LogP contribution in [0, 0.1) is 10.1 Å². The van der Waals surface area contributed by atoms with E-state index in [2.05, 4.69) is 12.2 Å². The van der Waals surface area contributed by atoms with Gasteiger partial charge in [-0.15, -0.1) is 0 Å². The number of rotatable bonds is 8. The highest BCUT2D eigenvalue weighted by molar-refractivity contribution is 6.30. The molecule has 1 heterocycles. The van der Waals surface area contributed by atoms with Crippen molar-refractivity contribution in [1.82, 2.24) is 10.2 Å². The summed E-state index contributed by atoms with van der Waals surface area (Å²) in [5, 5.41) is 14.6. The minimum absolute atomic E-state index is 0.0327. The van der Waals surface area contributed by atoms with Crippen LogP contribution < -0.4 is 10.1 Å². The van der Waals surface area contributed by atoms with Gasteiger partial charge in [0.15, 0.2) is 5.75 Å². The zero-order chi connectivity index (χ0) is 18.2. The van der Waals surface area contributed by atoms with E-state index in [0.29, 0.717) is 0 Å². The number of piperidine rings is 1. The predicted octanol–water partition coefficient (Wildman–Crippen LogP) is 3.01. The smallest absolute Gasteiger partial charge is 0.312 e. The maximum absolute atomic E-state index is 12.6. The number of benzene rings is 1. The van der Waals surface area contributed by atoms with Crippen LogP contribution in [0.4, 0.5) is 5.69 Å². The summed E-state index contributed by atoms with van der Waals surface area (Å²) in [6, 6.07) is 4.50. The highest BCUT2D eigenvalue weighted by Gasteiger charge is 2.24. The zero-order valence-corrected chi connectivity index (χ0v) is 15.1. The highest BCUT2D eigenvalue weighted by Crippen LogP contribution is 2.30. The molecule has 1 aromatic carbocycles. The number of carbonyl (C=O) groups excluding carboxylic acids is 1. The van der Waals surface area contributed by atoms with Crippen molar-refractivity contribution in [3.63, 3.8) is 0 Å². The molecule has 7 nitrogen and oxygen atoms in total. The number of nitrogens with one attached hydrogen (secondary N) is 1. The molecule has 0 aliphatic carbocycles. The Morgan fingerprint density at radius 1 is 1.44 bits per heavy atom. The van der Waals surface area contributed by atoms with E-state index < -0.39 is 4.92 Å². The van der Waals surface area contributed by atoms with Crippen molar-refractivity contribution in [2.24, 2.45) is 0 Å². The monoisotopic (exact) mass is 369 g/mol. The van der Waals surface area contributed by atoms with Crippen LogP contribution in [0.15, 0.2) is 18.2 Å². The molecule has 0 saturated carbocycles. The summed E-state index contributed by atoms with van der Waals surface area (Å²) < 4.78 is 5.48. The van der Waals surface area contributed by atoms with E-state index in [9.17, 15) is 14.9 Å². The fourth-order valence-corrected chi connectivity index (χ4v) is 3.18. The van der Waals surface area contributed by atoms with E-state index in [1.807, 2.05) is 4.90 Å². The summed E-state index contributed by atoms with van der Waals surface area (Å²) in [7, 11) is 0. The van der Waals surface area contributed by atoms with Gasteiger partial charge in [-0.2, -0.15) is 0 Å². The second-order valence-electron chi connectivity index (χ2n) is 6.04. The lowest BCUT2D eigenvalue weighted by Gasteiger charge is -2.34. The fraction of sp³-hybridized carbons (Fsp3) is 0.588. The lowest BCUT2D eigenvalue weighted by atomic mass is 10.0. The normalized spacial score (nSPS) is 15.0. The number of carbonyl (C=O) groups is 1. The second-order valence-corrected chi connectivity index (χ2v) is 6.47.